The van der Waals surface area contributed by atoms with Gasteiger partial charge in [0.15, 0.2) is 5.60 Å². The molecule has 0 aliphatic heterocycles. The van der Waals surface area contributed by atoms with Gasteiger partial charge in [0.25, 0.3) is 0 Å². The molecule has 0 bridgehead atoms. The Bertz CT molecular complexity index is 729. The molecule has 0 saturated heterocycles. The first-order valence-electron chi connectivity index (χ1n) is 6.62. The molecule has 0 spiro atoms. The minimum atomic E-state index is -6.09. The third-order valence-electron chi connectivity index (χ3n) is 3.55. The SMILES string of the molecule is COc1ccccc1C(O)(c1cccc(F)c1)C(F)(F)C(F)(F)F. The molecule has 0 radical (unpaired) electrons. The van der Waals surface area contributed by atoms with Crippen molar-refractivity contribution in [3.05, 3.63) is 65.5 Å². The molecule has 0 aliphatic carbocycles. The number of benzene rings is 2. The van der Waals surface area contributed by atoms with Crippen LogP contribution >= 0.6 is 0 Å². The maximum Gasteiger partial charge on any atom is 0.457 e. The normalized spacial score (nSPS) is 15.0. The molecule has 1 unspecified atom stereocenters. The Balaban J connectivity index is 2.85. The molecule has 1 atom stereocenters. The summed E-state index contributed by atoms with van der Waals surface area (Å²) >= 11 is 0. The molecule has 8 heteroatoms. The van der Waals surface area contributed by atoms with Crippen LogP contribution in [-0.4, -0.2) is 24.3 Å². The van der Waals surface area contributed by atoms with Crippen molar-refractivity contribution in [2.45, 2.75) is 17.7 Å². The van der Waals surface area contributed by atoms with Crippen LogP contribution in [0.1, 0.15) is 11.1 Å². The molecule has 0 amide bonds. The smallest absolute Gasteiger partial charge is 0.457 e. The maximum absolute atomic E-state index is 14.2. The monoisotopic (exact) mass is 350 g/mol. The molecule has 130 valence electrons. The Hall–Kier alpha value is -2.22. The van der Waals surface area contributed by atoms with Crippen LogP contribution < -0.4 is 4.74 Å². The number of methoxy groups -OCH3 is 1. The Kier molecular flexibility index (Phi) is 4.54. The fourth-order valence-electron chi connectivity index (χ4n) is 2.37. The molecule has 2 aromatic rings. The highest BCUT2D eigenvalue weighted by Crippen LogP contribution is 2.53. The van der Waals surface area contributed by atoms with Crippen LogP contribution in [0.15, 0.2) is 48.5 Å². The second-order valence-corrected chi connectivity index (χ2v) is 4.99. The van der Waals surface area contributed by atoms with Gasteiger partial charge in [-0.1, -0.05) is 30.3 Å². The summed E-state index contributed by atoms with van der Waals surface area (Å²) in [6, 6.07) is 7.47. The third-order valence-corrected chi connectivity index (χ3v) is 3.55. The van der Waals surface area contributed by atoms with E-state index in [0.29, 0.717) is 6.07 Å². The molecule has 0 saturated carbocycles. The van der Waals surface area contributed by atoms with E-state index < -0.39 is 40.4 Å². The van der Waals surface area contributed by atoms with Gasteiger partial charge in [-0.15, -0.1) is 0 Å². The lowest BCUT2D eigenvalue weighted by Gasteiger charge is -2.38. The third kappa shape index (κ3) is 2.71. The van der Waals surface area contributed by atoms with Crippen molar-refractivity contribution in [2.75, 3.05) is 7.11 Å². The van der Waals surface area contributed by atoms with Crippen molar-refractivity contribution < 1.29 is 36.2 Å². The van der Waals surface area contributed by atoms with Crippen LogP contribution in [0.5, 0.6) is 5.75 Å². The standard InChI is InChI=1S/C16H12F6O2/c1-24-13-8-3-2-7-12(13)14(23,15(18,19)16(20,21)22)10-5-4-6-11(17)9-10/h2-9,23H,1H3. The summed E-state index contributed by atoms with van der Waals surface area (Å²) in [5.41, 5.74) is -5.66. The molecule has 0 fully saturated rings. The lowest BCUT2D eigenvalue weighted by atomic mass is 9.80. The zero-order chi connectivity index (χ0) is 18.2. The van der Waals surface area contributed by atoms with E-state index in [1.54, 1.807) is 0 Å². The summed E-state index contributed by atoms with van der Waals surface area (Å²) in [6.07, 6.45) is -6.09. The number of ether oxygens (including phenoxy) is 1. The highest BCUT2D eigenvalue weighted by molar-refractivity contribution is 5.47. The molecule has 2 aromatic carbocycles. The number of alkyl halides is 5. The summed E-state index contributed by atoms with van der Waals surface area (Å²) in [6.45, 7) is 0. The quantitative estimate of drug-likeness (QED) is 0.835. The lowest BCUT2D eigenvalue weighted by molar-refractivity contribution is -0.336. The van der Waals surface area contributed by atoms with Crippen LogP contribution in [-0.2, 0) is 5.60 Å². The predicted molar refractivity (Wildman–Crippen MR) is 73.4 cm³/mol. The average molecular weight is 350 g/mol. The summed E-state index contributed by atoms with van der Waals surface area (Å²) in [5.74, 6) is -7.07. The van der Waals surface area contributed by atoms with Gasteiger partial charge >= 0.3 is 12.1 Å². The molecule has 0 aromatic heterocycles. The highest BCUT2D eigenvalue weighted by Gasteiger charge is 2.71. The molecule has 24 heavy (non-hydrogen) atoms. The van der Waals surface area contributed by atoms with E-state index in [1.807, 2.05) is 0 Å². The van der Waals surface area contributed by atoms with Gasteiger partial charge in [0, 0.05) is 5.56 Å². The number of aliphatic hydroxyl groups is 1. The van der Waals surface area contributed by atoms with Crippen LogP contribution in [0, 0.1) is 5.82 Å². The van der Waals surface area contributed by atoms with Crippen molar-refractivity contribution in [1.82, 2.24) is 0 Å². The Morgan fingerprint density at radius 3 is 2.08 bits per heavy atom. The van der Waals surface area contributed by atoms with Crippen LogP contribution in [0.4, 0.5) is 26.3 Å². The number of hydrogen-bond acceptors (Lipinski definition) is 2. The predicted octanol–water partition coefficient (Wildman–Crippen LogP) is 4.27. The molecule has 2 nitrogen and oxygen atoms in total. The van der Waals surface area contributed by atoms with Crippen LogP contribution in [0.2, 0.25) is 0 Å². The average Bonchev–Trinajstić information content (AvgIpc) is 2.52. The minimum Gasteiger partial charge on any atom is -0.496 e. The first-order valence-corrected chi connectivity index (χ1v) is 6.62. The largest absolute Gasteiger partial charge is 0.496 e. The van der Waals surface area contributed by atoms with Gasteiger partial charge in [-0.2, -0.15) is 22.0 Å². The summed E-state index contributed by atoms with van der Waals surface area (Å²) in [4.78, 5) is 0. The fourth-order valence-corrected chi connectivity index (χ4v) is 2.37. The van der Waals surface area contributed by atoms with Crippen LogP contribution in [0.3, 0.4) is 0 Å². The first-order chi connectivity index (χ1) is 11.1. The van der Waals surface area contributed by atoms with Crippen molar-refractivity contribution in [2.24, 2.45) is 0 Å². The topological polar surface area (TPSA) is 29.5 Å². The van der Waals surface area contributed by atoms with Gasteiger partial charge in [-0.05, 0) is 23.8 Å². The van der Waals surface area contributed by atoms with E-state index in [4.69, 9.17) is 4.74 Å². The Labute approximate surface area is 133 Å². The maximum atomic E-state index is 14.2. The Morgan fingerprint density at radius 1 is 0.917 bits per heavy atom. The summed E-state index contributed by atoms with van der Waals surface area (Å²) in [7, 11) is 1.05. The van der Waals surface area contributed by atoms with E-state index in [1.165, 1.54) is 6.07 Å². The zero-order valence-electron chi connectivity index (χ0n) is 12.2. The van der Waals surface area contributed by atoms with Gasteiger partial charge in [0.2, 0.25) is 0 Å². The number of rotatable bonds is 4. The number of halogens is 6. The van der Waals surface area contributed by atoms with E-state index in [9.17, 15) is 31.4 Å². The highest BCUT2D eigenvalue weighted by atomic mass is 19.4. The van der Waals surface area contributed by atoms with Crippen molar-refractivity contribution >= 4 is 0 Å². The zero-order valence-corrected chi connectivity index (χ0v) is 12.2. The molecule has 0 aliphatic rings. The molecule has 1 N–H and O–H groups in total. The second-order valence-electron chi connectivity index (χ2n) is 4.99. The van der Waals surface area contributed by atoms with Gasteiger partial charge in [0.1, 0.15) is 11.6 Å². The van der Waals surface area contributed by atoms with Crippen molar-refractivity contribution in [1.29, 1.82) is 0 Å². The van der Waals surface area contributed by atoms with Gasteiger partial charge in [-0.25, -0.2) is 4.39 Å². The van der Waals surface area contributed by atoms with Gasteiger partial charge in [0.05, 0.1) is 7.11 Å². The first kappa shape index (κ1) is 18.1. The van der Waals surface area contributed by atoms with E-state index in [0.717, 1.165) is 43.5 Å². The molecule has 2 rings (SSSR count). The minimum absolute atomic E-state index is 0.395. The van der Waals surface area contributed by atoms with E-state index in [2.05, 4.69) is 0 Å². The van der Waals surface area contributed by atoms with Crippen molar-refractivity contribution in [3.63, 3.8) is 0 Å². The summed E-state index contributed by atoms with van der Waals surface area (Å²) in [5, 5.41) is 10.5. The number of hydrogen-bond donors (Lipinski definition) is 1. The fraction of sp³-hybridized carbons (Fsp3) is 0.250. The lowest BCUT2D eigenvalue weighted by Crippen LogP contribution is -2.55. The summed E-state index contributed by atoms with van der Waals surface area (Å²) < 4.78 is 85.7. The van der Waals surface area contributed by atoms with E-state index in [-0.39, 0.29) is 0 Å². The van der Waals surface area contributed by atoms with Crippen LogP contribution in [0.25, 0.3) is 0 Å². The second kappa shape index (κ2) is 6.01. The molecular formula is C16H12F6O2. The number of para-hydroxylation sites is 1. The Morgan fingerprint density at radius 2 is 1.54 bits per heavy atom. The van der Waals surface area contributed by atoms with Crippen molar-refractivity contribution in [3.8, 4) is 5.75 Å². The molecular weight excluding hydrogens is 338 g/mol. The van der Waals surface area contributed by atoms with Gasteiger partial charge < -0.3 is 9.84 Å². The van der Waals surface area contributed by atoms with E-state index >= 15 is 0 Å². The molecule has 0 heterocycles. The van der Waals surface area contributed by atoms with Gasteiger partial charge in [-0.3, -0.25) is 0 Å².